The summed E-state index contributed by atoms with van der Waals surface area (Å²) in [6, 6.07) is 16.4. The van der Waals surface area contributed by atoms with Crippen LogP contribution in [-0.2, 0) is 11.3 Å². The largest absolute Gasteiger partial charge is 0.325 e. The maximum Gasteiger partial charge on any atom is 0.238 e. The van der Waals surface area contributed by atoms with Gasteiger partial charge >= 0.3 is 0 Å². The minimum absolute atomic E-state index is 0.188. The lowest BCUT2D eigenvalue weighted by Gasteiger charge is -2.16. The van der Waals surface area contributed by atoms with Gasteiger partial charge in [-0.15, -0.1) is 0 Å². The van der Waals surface area contributed by atoms with Crippen LogP contribution in [0.1, 0.15) is 17.0 Å². The second kappa shape index (κ2) is 8.14. The van der Waals surface area contributed by atoms with E-state index in [0.717, 1.165) is 17.0 Å². The molecule has 0 radical (unpaired) electrons. The molecule has 1 N–H and O–H groups in total. The summed E-state index contributed by atoms with van der Waals surface area (Å²) in [6.45, 7) is 4.62. The topological polar surface area (TPSA) is 50.2 Å². The maximum absolute atomic E-state index is 14.5. The van der Waals surface area contributed by atoms with Gasteiger partial charge in [0, 0.05) is 17.9 Å². The molecule has 0 saturated carbocycles. The number of carbonyl (C=O) groups is 1. The first-order valence-corrected chi connectivity index (χ1v) is 8.78. The van der Waals surface area contributed by atoms with E-state index in [2.05, 4.69) is 10.4 Å². The number of nitrogens with one attached hydrogen (secondary N) is 1. The van der Waals surface area contributed by atoms with Gasteiger partial charge in [-0.1, -0.05) is 30.3 Å². The van der Waals surface area contributed by atoms with Crippen molar-refractivity contribution in [3.8, 4) is 5.69 Å². The van der Waals surface area contributed by atoms with Gasteiger partial charge in [0.1, 0.15) is 5.69 Å². The average Bonchev–Trinajstić information content (AvgIpc) is 2.93. The monoisotopic (exact) mass is 366 g/mol. The summed E-state index contributed by atoms with van der Waals surface area (Å²) in [5.74, 6) is -0.622. The summed E-state index contributed by atoms with van der Waals surface area (Å²) in [7, 11) is 1.87. The molecule has 0 spiro atoms. The minimum Gasteiger partial charge on any atom is -0.325 e. The Bertz CT molecular complexity index is 937. The zero-order valence-electron chi connectivity index (χ0n) is 15.7. The quantitative estimate of drug-likeness (QED) is 0.724. The Morgan fingerprint density at radius 3 is 2.52 bits per heavy atom. The van der Waals surface area contributed by atoms with E-state index in [9.17, 15) is 9.18 Å². The van der Waals surface area contributed by atoms with E-state index < -0.39 is 5.82 Å². The van der Waals surface area contributed by atoms with Gasteiger partial charge in [-0.25, -0.2) is 9.07 Å². The zero-order valence-corrected chi connectivity index (χ0v) is 15.7. The molecule has 27 heavy (non-hydrogen) atoms. The fraction of sp³-hybridized carbons (Fsp3) is 0.238. The van der Waals surface area contributed by atoms with E-state index >= 15 is 0 Å². The number of aromatic nitrogens is 2. The van der Waals surface area contributed by atoms with Crippen molar-refractivity contribution in [1.29, 1.82) is 0 Å². The van der Waals surface area contributed by atoms with Crippen LogP contribution in [0.5, 0.6) is 0 Å². The highest BCUT2D eigenvalue weighted by atomic mass is 19.1. The van der Waals surface area contributed by atoms with Gasteiger partial charge in [0.25, 0.3) is 0 Å². The highest BCUT2D eigenvalue weighted by molar-refractivity contribution is 5.92. The molecule has 0 aliphatic heterocycles. The van der Waals surface area contributed by atoms with Crippen LogP contribution in [0.25, 0.3) is 5.69 Å². The third-order valence-electron chi connectivity index (χ3n) is 4.18. The number of amides is 1. The van der Waals surface area contributed by atoms with Gasteiger partial charge in [0.2, 0.25) is 5.91 Å². The molecule has 0 saturated heterocycles. The summed E-state index contributed by atoms with van der Waals surface area (Å²) < 4.78 is 16.1. The third-order valence-corrected chi connectivity index (χ3v) is 4.18. The molecule has 140 valence electrons. The Kier molecular flexibility index (Phi) is 5.66. The number of hydrogen-bond donors (Lipinski definition) is 1. The van der Waals surface area contributed by atoms with Gasteiger partial charge in [-0.05, 0) is 50.7 Å². The standard InChI is InChI=1S/C21H23FN4O/c1-15-11-16(2)26(24-15)20-10-9-18(12-19(20)22)23-21(27)14-25(3)13-17-7-5-4-6-8-17/h4-12H,13-14H2,1-3H3,(H,23,27). The summed E-state index contributed by atoms with van der Waals surface area (Å²) in [5, 5.41) is 7.04. The van der Waals surface area contributed by atoms with Crippen molar-refractivity contribution >= 4 is 11.6 Å². The molecule has 0 fully saturated rings. The first kappa shape index (κ1) is 18.8. The number of rotatable bonds is 6. The SMILES string of the molecule is Cc1cc(C)n(-c2ccc(NC(=O)CN(C)Cc3ccccc3)cc2F)n1. The molecule has 0 aliphatic carbocycles. The lowest BCUT2D eigenvalue weighted by Crippen LogP contribution is -2.29. The first-order chi connectivity index (χ1) is 12.9. The van der Waals surface area contributed by atoms with Gasteiger partial charge in [-0.3, -0.25) is 9.69 Å². The number of carbonyl (C=O) groups excluding carboxylic acids is 1. The fourth-order valence-corrected chi connectivity index (χ4v) is 3.03. The number of benzene rings is 2. The molecule has 0 atom stereocenters. The Labute approximate surface area is 158 Å². The maximum atomic E-state index is 14.5. The Morgan fingerprint density at radius 1 is 1.15 bits per heavy atom. The zero-order chi connectivity index (χ0) is 19.4. The van der Waals surface area contributed by atoms with Crippen LogP contribution >= 0.6 is 0 Å². The van der Waals surface area contributed by atoms with Crippen LogP contribution in [0.3, 0.4) is 0 Å². The minimum atomic E-state index is -0.434. The number of aryl methyl sites for hydroxylation is 2. The molecule has 1 aromatic heterocycles. The molecule has 0 aliphatic rings. The molecule has 1 heterocycles. The van der Waals surface area contributed by atoms with Crippen LogP contribution in [0.15, 0.2) is 54.6 Å². The lowest BCUT2D eigenvalue weighted by atomic mass is 10.2. The van der Waals surface area contributed by atoms with E-state index in [4.69, 9.17) is 0 Å². The molecule has 0 unspecified atom stereocenters. The molecule has 5 nitrogen and oxygen atoms in total. The van der Waals surface area contributed by atoms with E-state index in [1.807, 2.05) is 62.2 Å². The average molecular weight is 366 g/mol. The second-order valence-corrected chi connectivity index (χ2v) is 6.71. The highest BCUT2D eigenvalue weighted by Crippen LogP contribution is 2.20. The van der Waals surface area contributed by atoms with E-state index in [0.29, 0.717) is 17.9 Å². The van der Waals surface area contributed by atoms with Crippen LogP contribution in [0.4, 0.5) is 10.1 Å². The second-order valence-electron chi connectivity index (χ2n) is 6.71. The molecule has 3 rings (SSSR count). The van der Waals surface area contributed by atoms with E-state index in [-0.39, 0.29) is 12.5 Å². The normalized spacial score (nSPS) is 11.0. The number of likely N-dealkylation sites (N-methyl/N-ethyl adjacent to an activating group) is 1. The molecule has 1 amide bonds. The van der Waals surface area contributed by atoms with E-state index in [1.54, 1.807) is 16.8 Å². The van der Waals surface area contributed by atoms with E-state index in [1.165, 1.54) is 6.07 Å². The third kappa shape index (κ3) is 4.80. The van der Waals surface area contributed by atoms with Crippen LogP contribution in [0.2, 0.25) is 0 Å². The van der Waals surface area contributed by atoms with Crippen molar-refractivity contribution in [2.45, 2.75) is 20.4 Å². The molecule has 3 aromatic rings. The van der Waals surface area contributed by atoms with Crippen molar-refractivity contribution in [2.75, 3.05) is 18.9 Å². The highest BCUT2D eigenvalue weighted by Gasteiger charge is 2.12. The van der Waals surface area contributed by atoms with Crippen molar-refractivity contribution < 1.29 is 9.18 Å². The summed E-state index contributed by atoms with van der Waals surface area (Å²) in [4.78, 5) is 14.2. The van der Waals surface area contributed by atoms with Crippen LogP contribution in [-0.4, -0.2) is 34.2 Å². The summed E-state index contributed by atoms with van der Waals surface area (Å²) in [5.41, 5.74) is 3.60. The molecule has 2 aromatic carbocycles. The molecule has 6 heteroatoms. The predicted molar refractivity (Wildman–Crippen MR) is 104 cm³/mol. The fourth-order valence-electron chi connectivity index (χ4n) is 3.03. The summed E-state index contributed by atoms with van der Waals surface area (Å²) >= 11 is 0. The Morgan fingerprint density at radius 2 is 1.89 bits per heavy atom. The van der Waals surface area contributed by atoms with Gasteiger partial charge in [-0.2, -0.15) is 5.10 Å². The number of halogens is 1. The smallest absolute Gasteiger partial charge is 0.238 e. The van der Waals surface area contributed by atoms with Crippen LogP contribution < -0.4 is 5.32 Å². The number of anilines is 1. The van der Waals surface area contributed by atoms with Crippen molar-refractivity contribution in [3.63, 3.8) is 0 Å². The van der Waals surface area contributed by atoms with Crippen molar-refractivity contribution in [2.24, 2.45) is 0 Å². The summed E-state index contributed by atoms with van der Waals surface area (Å²) in [6.07, 6.45) is 0. The first-order valence-electron chi connectivity index (χ1n) is 8.78. The molecule has 0 bridgehead atoms. The van der Waals surface area contributed by atoms with Gasteiger partial charge in [0.15, 0.2) is 5.82 Å². The predicted octanol–water partition coefficient (Wildman–Crippen LogP) is 3.70. The van der Waals surface area contributed by atoms with Crippen molar-refractivity contribution in [1.82, 2.24) is 14.7 Å². The van der Waals surface area contributed by atoms with Crippen LogP contribution in [0, 0.1) is 19.7 Å². The lowest BCUT2D eigenvalue weighted by molar-refractivity contribution is -0.117. The number of hydrogen-bond acceptors (Lipinski definition) is 3. The van der Waals surface area contributed by atoms with Crippen molar-refractivity contribution in [3.05, 3.63) is 77.4 Å². The van der Waals surface area contributed by atoms with Gasteiger partial charge in [0.05, 0.1) is 12.2 Å². The Balaban J connectivity index is 1.63. The Hall–Kier alpha value is -2.99. The number of nitrogens with zero attached hydrogens (tertiary/aromatic N) is 3. The molecular weight excluding hydrogens is 343 g/mol. The molecular formula is C21H23FN4O. The van der Waals surface area contributed by atoms with Gasteiger partial charge < -0.3 is 5.32 Å².